The van der Waals surface area contributed by atoms with Crippen molar-refractivity contribution in [1.29, 1.82) is 0 Å². The Morgan fingerprint density at radius 1 is 1.64 bits per heavy atom. The number of rotatable bonds is 3. The summed E-state index contributed by atoms with van der Waals surface area (Å²) in [5.74, 6) is 0. The molecule has 3 N–H and O–H groups in total. The van der Waals surface area contributed by atoms with Crippen LogP contribution in [0.3, 0.4) is 0 Å². The summed E-state index contributed by atoms with van der Waals surface area (Å²) in [7, 11) is 0. The molecule has 0 saturated heterocycles. The van der Waals surface area contributed by atoms with Gasteiger partial charge in [0.25, 0.3) is 0 Å². The van der Waals surface area contributed by atoms with Gasteiger partial charge in [-0.1, -0.05) is 0 Å². The van der Waals surface area contributed by atoms with E-state index in [2.05, 4.69) is 5.43 Å². The molecule has 0 fully saturated rings. The van der Waals surface area contributed by atoms with Crippen LogP contribution in [0.5, 0.6) is 0 Å². The van der Waals surface area contributed by atoms with Crippen molar-refractivity contribution in [3.05, 3.63) is 11.8 Å². The van der Waals surface area contributed by atoms with E-state index >= 15 is 0 Å². The van der Waals surface area contributed by atoms with Gasteiger partial charge in [-0.25, -0.2) is 5.43 Å². The Bertz CT molecular complexity index is 155. The summed E-state index contributed by atoms with van der Waals surface area (Å²) < 4.78 is 0. The van der Waals surface area contributed by atoms with E-state index in [9.17, 15) is 0 Å². The van der Waals surface area contributed by atoms with E-state index in [1.165, 1.54) is 5.57 Å². The van der Waals surface area contributed by atoms with Crippen LogP contribution in [-0.2, 0) is 0 Å². The Labute approximate surface area is 66.1 Å². The third-order valence-corrected chi connectivity index (χ3v) is 1.71. The Morgan fingerprint density at radius 2 is 2.27 bits per heavy atom. The van der Waals surface area contributed by atoms with Crippen LogP contribution in [-0.4, -0.2) is 41.0 Å². The molecule has 0 bridgehead atoms. The Kier molecular flexibility index (Phi) is 2.87. The zero-order valence-corrected chi connectivity index (χ0v) is 6.62. The second kappa shape index (κ2) is 3.71. The first kappa shape index (κ1) is 8.52. The van der Waals surface area contributed by atoms with Crippen LogP contribution in [0.15, 0.2) is 11.8 Å². The zero-order valence-electron chi connectivity index (χ0n) is 6.62. The van der Waals surface area contributed by atoms with E-state index in [0.717, 1.165) is 6.54 Å². The van der Waals surface area contributed by atoms with Gasteiger partial charge < -0.3 is 15.2 Å². The quantitative estimate of drug-likeness (QED) is 0.496. The lowest BCUT2D eigenvalue weighted by Crippen LogP contribution is -2.42. The van der Waals surface area contributed by atoms with Crippen molar-refractivity contribution in [2.45, 2.75) is 13.0 Å². The molecule has 0 saturated carbocycles. The van der Waals surface area contributed by atoms with Gasteiger partial charge >= 0.3 is 0 Å². The van der Waals surface area contributed by atoms with Crippen molar-refractivity contribution in [2.24, 2.45) is 0 Å². The minimum absolute atomic E-state index is 0.0344. The second-order valence-electron chi connectivity index (χ2n) is 2.74. The second-order valence-corrected chi connectivity index (χ2v) is 2.74. The lowest BCUT2D eigenvalue weighted by Gasteiger charge is -2.23. The van der Waals surface area contributed by atoms with Crippen LogP contribution >= 0.6 is 0 Å². The minimum Gasteiger partial charge on any atom is -0.394 e. The molecule has 0 radical (unpaired) electrons. The van der Waals surface area contributed by atoms with E-state index in [4.69, 9.17) is 10.2 Å². The lowest BCUT2D eigenvalue weighted by molar-refractivity contribution is 0.0838. The highest BCUT2D eigenvalue weighted by atomic mass is 16.3. The monoisotopic (exact) mass is 158 g/mol. The predicted molar refractivity (Wildman–Crippen MR) is 41.6 cm³/mol. The van der Waals surface area contributed by atoms with Gasteiger partial charge in [0.1, 0.15) is 0 Å². The smallest absolute Gasteiger partial charge is 0.0909 e. The van der Waals surface area contributed by atoms with Crippen molar-refractivity contribution in [3.63, 3.8) is 0 Å². The van der Waals surface area contributed by atoms with E-state index in [-0.39, 0.29) is 19.3 Å². The molecule has 0 spiro atoms. The SMILES string of the molecule is CC1=CN(C(CO)CO)NC1. The van der Waals surface area contributed by atoms with E-state index in [1.54, 1.807) is 5.01 Å². The van der Waals surface area contributed by atoms with E-state index < -0.39 is 0 Å². The number of nitrogens with zero attached hydrogens (tertiary/aromatic N) is 1. The molecular formula is C7H14N2O2. The van der Waals surface area contributed by atoms with Crippen molar-refractivity contribution in [3.8, 4) is 0 Å². The van der Waals surface area contributed by atoms with Crippen LogP contribution in [0.4, 0.5) is 0 Å². The van der Waals surface area contributed by atoms with E-state index in [0.29, 0.717) is 0 Å². The highest BCUT2D eigenvalue weighted by molar-refractivity contribution is 5.05. The summed E-state index contributed by atoms with van der Waals surface area (Å²) >= 11 is 0. The first-order chi connectivity index (χ1) is 5.27. The fraction of sp³-hybridized carbons (Fsp3) is 0.714. The molecule has 1 heterocycles. The maximum Gasteiger partial charge on any atom is 0.0909 e. The van der Waals surface area contributed by atoms with Crippen LogP contribution in [0.25, 0.3) is 0 Å². The molecule has 0 amide bonds. The molecule has 64 valence electrons. The van der Waals surface area contributed by atoms with Crippen LogP contribution < -0.4 is 5.43 Å². The van der Waals surface area contributed by atoms with E-state index in [1.807, 2.05) is 13.1 Å². The van der Waals surface area contributed by atoms with Gasteiger partial charge in [0.2, 0.25) is 0 Å². The predicted octanol–water partition coefficient (Wildman–Crippen LogP) is -0.936. The zero-order chi connectivity index (χ0) is 8.27. The molecule has 11 heavy (non-hydrogen) atoms. The maximum atomic E-state index is 8.80. The van der Waals surface area contributed by atoms with Crippen LogP contribution in [0.1, 0.15) is 6.92 Å². The molecule has 0 aromatic rings. The van der Waals surface area contributed by atoms with Crippen LogP contribution in [0, 0.1) is 0 Å². The first-order valence-electron chi connectivity index (χ1n) is 3.68. The number of aliphatic hydroxyl groups is 2. The van der Waals surface area contributed by atoms with Gasteiger partial charge in [0.15, 0.2) is 0 Å². The van der Waals surface area contributed by atoms with Gasteiger partial charge in [0, 0.05) is 12.7 Å². The Morgan fingerprint density at radius 3 is 2.64 bits per heavy atom. The number of hydrazine groups is 1. The highest BCUT2D eigenvalue weighted by Gasteiger charge is 2.17. The van der Waals surface area contributed by atoms with Crippen molar-refractivity contribution in [1.82, 2.24) is 10.4 Å². The summed E-state index contributed by atoms with van der Waals surface area (Å²) in [5, 5.41) is 19.3. The third-order valence-electron chi connectivity index (χ3n) is 1.71. The average Bonchev–Trinajstić information content (AvgIpc) is 2.39. The summed E-state index contributed by atoms with van der Waals surface area (Å²) in [6, 6.07) is -0.215. The summed E-state index contributed by atoms with van der Waals surface area (Å²) in [5.41, 5.74) is 4.23. The number of hydrogen-bond acceptors (Lipinski definition) is 4. The van der Waals surface area contributed by atoms with Crippen molar-refractivity contribution < 1.29 is 10.2 Å². The van der Waals surface area contributed by atoms with Crippen molar-refractivity contribution >= 4 is 0 Å². The fourth-order valence-electron chi connectivity index (χ4n) is 1.01. The highest BCUT2D eigenvalue weighted by Crippen LogP contribution is 2.06. The molecule has 0 aliphatic carbocycles. The summed E-state index contributed by atoms with van der Waals surface area (Å²) in [6.45, 7) is 2.73. The number of hydrogen-bond donors (Lipinski definition) is 3. The van der Waals surface area contributed by atoms with Gasteiger partial charge in [-0.3, -0.25) is 0 Å². The lowest BCUT2D eigenvalue weighted by atomic mass is 10.3. The molecule has 0 atom stereocenters. The minimum atomic E-state index is -0.215. The number of aliphatic hydroxyl groups excluding tert-OH is 2. The van der Waals surface area contributed by atoms with Crippen LogP contribution in [0.2, 0.25) is 0 Å². The van der Waals surface area contributed by atoms with Crippen molar-refractivity contribution in [2.75, 3.05) is 19.8 Å². The Hall–Kier alpha value is -0.580. The summed E-state index contributed by atoms with van der Waals surface area (Å²) in [6.07, 6.45) is 1.90. The number of nitrogens with one attached hydrogen (secondary N) is 1. The molecule has 0 aromatic heterocycles. The molecule has 0 aromatic carbocycles. The summed E-state index contributed by atoms with van der Waals surface area (Å²) in [4.78, 5) is 0. The third kappa shape index (κ3) is 1.92. The topological polar surface area (TPSA) is 55.7 Å². The molecule has 1 aliphatic rings. The first-order valence-corrected chi connectivity index (χ1v) is 3.68. The van der Waals surface area contributed by atoms with Gasteiger partial charge in [-0.2, -0.15) is 0 Å². The molecule has 1 aliphatic heterocycles. The molecule has 4 heteroatoms. The largest absolute Gasteiger partial charge is 0.394 e. The molecule has 4 nitrogen and oxygen atoms in total. The molecule has 1 rings (SSSR count). The molecule has 0 unspecified atom stereocenters. The van der Waals surface area contributed by atoms with Gasteiger partial charge in [-0.05, 0) is 12.5 Å². The molecular weight excluding hydrogens is 144 g/mol. The fourth-order valence-corrected chi connectivity index (χ4v) is 1.01. The average molecular weight is 158 g/mol. The van der Waals surface area contributed by atoms with Gasteiger partial charge in [0.05, 0.1) is 19.3 Å². The maximum absolute atomic E-state index is 8.80. The standard InChI is InChI=1S/C7H14N2O2/c1-6-2-8-9(3-6)7(4-10)5-11/h3,7-8,10-11H,2,4-5H2,1H3. The van der Waals surface area contributed by atoms with Gasteiger partial charge in [-0.15, -0.1) is 0 Å². The normalized spacial score (nSPS) is 17.8. The Balaban J connectivity index is 2.47.